The van der Waals surface area contributed by atoms with Crippen molar-refractivity contribution in [3.05, 3.63) is 0 Å². The molecule has 1 nitrogen and oxygen atoms in total. The average molecular weight is 138 g/mol. The Morgan fingerprint density at radius 2 is 1.60 bits per heavy atom. The van der Waals surface area contributed by atoms with E-state index >= 15 is 0 Å². The highest BCUT2D eigenvalue weighted by Gasteiger charge is 2.34. The third-order valence-electron chi connectivity index (χ3n) is 3.13. The highest BCUT2D eigenvalue weighted by molar-refractivity contribution is 4.88. The van der Waals surface area contributed by atoms with Crippen molar-refractivity contribution in [2.75, 3.05) is 13.1 Å². The summed E-state index contributed by atoms with van der Waals surface area (Å²) >= 11 is 0. The van der Waals surface area contributed by atoms with Crippen molar-refractivity contribution in [1.29, 1.82) is 0 Å². The maximum atomic E-state index is 4.51. The van der Waals surface area contributed by atoms with Crippen LogP contribution in [0, 0.1) is 5.41 Å². The van der Waals surface area contributed by atoms with Crippen molar-refractivity contribution < 1.29 is 0 Å². The second-order valence-corrected chi connectivity index (χ2v) is 3.92. The summed E-state index contributed by atoms with van der Waals surface area (Å²) in [4.78, 5) is 0. The second kappa shape index (κ2) is 2.54. The van der Waals surface area contributed by atoms with Crippen molar-refractivity contribution >= 4 is 0 Å². The van der Waals surface area contributed by atoms with Crippen LogP contribution in [0.25, 0.3) is 0 Å². The van der Waals surface area contributed by atoms with Gasteiger partial charge in [0.2, 0.25) is 0 Å². The molecule has 1 aliphatic heterocycles. The van der Waals surface area contributed by atoms with E-state index < -0.39 is 0 Å². The van der Waals surface area contributed by atoms with Gasteiger partial charge < -0.3 is 0 Å². The van der Waals surface area contributed by atoms with Crippen LogP contribution >= 0.6 is 0 Å². The van der Waals surface area contributed by atoms with Crippen LogP contribution in [0.3, 0.4) is 0 Å². The molecule has 0 unspecified atom stereocenters. The first kappa shape index (κ1) is 6.66. The first-order valence-electron chi connectivity index (χ1n) is 4.55. The van der Waals surface area contributed by atoms with E-state index in [-0.39, 0.29) is 0 Å². The van der Waals surface area contributed by atoms with Crippen molar-refractivity contribution in [2.45, 2.75) is 38.5 Å². The molecular formula is C9H16N. The van der Waals surface area contributed by atoms with Crippen molar-refractivity contribution in [3.63, 3.8) is 0 Å². The number of rotatable bonds is 0. The predicted molar refractivity (Wildman–Crippen MR) is 42.0 cm³/mol. The van der Waals surface area contributed by atoms with E-state index in [2.05, 4.69) is 5.32 Å². The van der Waals surface area contributed by atoms with Crippen LogP contribution in [0.5, 0.6) is 0 Å². The molecule has 1 saturated heterocycles. The number of hydrogen-bond donors (Lipinski definition) is 0. The summed E-state index contributed by atoms with van der Waals surface area (Å²) in [5.41, 5.74) is 0.707. The molecule has 0 atom stereocenters. The van der Waals surface area contributed by atoms with Gasteiger partial charge in [-0.25, -0.2) is 5.32 Å². The van der Waals surface area contributed by atoms with Crippen LogP contribution < -0.4 is 5.32 Å². The SMILES string of the molecule is C1CCC2(C1)CCC[N]C2. The first-order valence-corrected chi connectivity index (χ1v) is 4.55. The zero-order valence-corrected chi connectivity index (χ0v) is 6.60. The number of piperidine rings is 1. The van der Waals surface area contributed by atoms with E-state index in [4.69, 9.17) is 0 Å². The van der Waals surface area contributed by atoms with E-state index in [0.29, 0.717) is 5.41 Å². The zero-order chi connectivity index (χ0) is 6.86. The average Bonchev–Trinajstić information content (AvgIpc) is 2.39. The van der Waals surface area contributed by atoms with Crippen molar-refractivity contribution in [3.8, 4) is 0 Å². The van der Waals surface area contributed by atoms with Crippen LogP contribution in [-0.4, -0.2) is 13.1 Å². The molecule has 1 heterocycles. The summed E-state index contributed by atoms with van der Waals surface area (Å²) in [6, 6.07) is 0. The summed E-state index contributed by atoms with van der Waals surface area (Å²) in [5.74, 6) is 0. The molecule has 0 aromatic carbocycles. The van der Waals surface area contributed by atoms with E-state index in [9.17, 15) is 0 Å². The van der Waals surface area contributed by atoms with Gasteiger partial charge in [-0.2, -0.15) is 0 Å². The van der Waals surface area contributed by atoms with Gasteiger partial charge in [0.1, 0.15) is 0 Å². The zero-order valence-electron chi connectivity index (χ0n) is 6.60. The maximum Gasteiger partial charge on any atom is 0.0189 e. The van der Waals surface area contributed by atoms with E-state index in [0.717, 1.165) is 6.54 Å². The normalized spacial score (nSPS) is 31.2. The highest BCUT2D eigenvalue weighted by atomic mass is 14.9. The fraction of sp³-hybridized carbons (Fsp3) is 1.00. The minimum atomic E-state index is 0.707. The Bertz CT molecular complexity index is 106. The lowest BCUT2D eigenvalue weighted by molar-refractivity contribution is 0.213. The van der Waals surface area contributed by atoms with E-state index in [1.165, 1.54) is 45.1 Å². The summed E-state index contributed by atoms with van der Waals surface area (Å²) in [6.07, 6.45) is 8.70. The highest BCUT2D eigenvalue weighted by Crippen LogP contribution is 2.42. The molecule has 57 valence electrons. The monoisotopic (exact) mass is 138 g/mol. The van der Waals surface area contributed by atoms with Crippen LogP contribution in [-0.2, 0) is 0 Å². The van der Waals surface area contributed by atoms with Gasteiger partial charge in [-0.05, 0) is 31.1 Å². The first-order chi connectivity index (χ1) is 4.91. The van der Waals surface area contributed by atoms with Gasteiger partial charge in [-0.3, -0.25) is 0 Å². The Labute approximate surface area is 63.2 Å². The summed E-state index contributed by atoms with van der Waals surface area (Å²) in [7, 11) is 0. The largest absolute Gasteiger partial charge is 0.241 e. The minimum Gasteiger partial charge on any atom is -0.241 e. The molecule has 1 radical (unpaired) electrons. The summed E-state index contributed by atoms with van der Waals surface area (Å²) in [5, 5.41) is 4.51. The van der Waals surface area contributed by atoms with Crippen LogP contribution in [0.15, 0.2) is 0 Å². The van der Waals surface area contributed by atoms with Gasteiger partial charge in [0.25, 0.3) is 0 Å². The molecule has 0 bridgehead atoms. The smallest absolute Gasteiger partial charge is 0.0189 e. The van der Waals surface area contributed by atoms with E-state index in [1.54, 1.807) is 0 Å². The molecule has 1 heteroatoms. The van der Waals surface area contributed by atoms with Crippen molar-refractivity contribution in [2.24, 2.45) is 5.41 Å². The van der Waals surface area contributed by atoms with Crippen LogP contribution in [0.1, 0.15) is 38.5 Å². The predicted octanol–water partition coefficient (Wildman–Crippen LogP) is 1.95. The lowest BCUT2D eigenvalue weighted by Gasteiger charge is -2.32. The molecule has 0 N–H and O–H groups in total. The number of hydrogen-bond acceptors (Lipinski definition) is 0. The lowest BCUT2D eigenvalue weighted by Crippen LogP contribution is -2.33. The fourth-order valence-corrected chi connectivity index (χ4v) is 2.49. The van der Waals surface area contributed by atoms with Gasteiger partial charge in [0.15, 0.2) is 0 Å². The van der Waals surface area contributed by atoms with Crippen LogP contribution in [0.2, 0.25) is 0 Å². The second-order valence-electron chi connectivity index (χ2n) is 3.92. The Morgan fingerprint density at radius 3 is 2.20 bits per heavy atom. The van der Waals surface area contributed by atoms with Gasteiger partial charge in [0.05, 0.1) is 0 Å². The third-order valence-corrected chi connectivity index (χ3v) is 3.13. The Hall–Kier alpha value is -0.0400. The third kappa shape index (κ3) is 1.07. The Kier molecular flexibility index (Phi) is 1.69. The molecule has 2 aliphatic rings. The molecule has 2 fully saturated rings. The summed E-state index contributed by atoms with van der Waals surface area (Å²) < 4.78 is 0. The fourth-order valence-electron chi connectivity index (χ4n) is 2.49. The van der Waals surface area contributed by atoms with Gasteiger partial charge in [-0.15, -0.1) is 0 Å². The molecule has 1 saturated carbocycles. The maximum absolute atomic E-state index is 4.51. The molecule has 1 spiro atoms. The summed E-state index contributed by atoms with van der Waals surface area (Å²) in [6.45, 7) is 2.33. The number of nitrogens with zero attached hydrogens (tertiary/aromatic N) is 1. The molecule has 0 aromatic heterocycles. The molecular weight excluding hydrogens is 122 g/mol. The minimum absolute atomic E-state index is 0.707. The van der Waals surface area contributed by atoms with Gasteiger partial charge >= 0.3 is 0 Å². The molecule has 10 heavy (non-hydrogen) atoms. The molecule has 1 aliphatic carbocycles. The standard InChI is InChI=1S/C9H16N/c1-2-5-9(4-1)6-3-7-10-8-9/h1-8H2. The van der Waals surface area contributed by atoms with Crippen LogP contribution in [0.4, 0.5) is 0 Å². The van der Waals surface area contributed by atoms with E-state index in [1.807, 2.05) is 0 Å². The van der Waals surface area contributed by atoms with Gasteiger partial charge in [-0.1, -0.05) is 12.8 Å². The quantitative estimate of drug-likeness (QED) is 0.485. The van der Waals surface area contributed by atoms with Gasteiger partial charge in [0, 0.05) is 13.1 Å². The lowest BCUT2D eigenvalue weighted by atomic mass is 9.79. The Balaban J connectivity index is 1.98. The Morgan fingerprint density at radius 1 is 0.900 bits per heavy atom. The van der Waals surface area contributed by atoms with Crippen molar-refractivity contribution in [1.82, 2.24) is 5.32 Å². The molecule has 0 aromatic rings. The molecule has 2 rings (SSSR count). The molecule has 0 amide bonds. The topological polar surface area (TPSA) is 14.1 Å².